The second-order valence-corrected chi connectivity index (χ2v) is 5.24. The molecule has 0 bridgehead atoms. The van der Waals surface area contributed by atoms with Gasteiger partial charge in [0.25, 0.3) is 0 Å². The fourth-order valence-electron chi connectivity index (χ4n) is 1.28. The maximum absolute atomic E-state index is 11.5. The summed E-state index contributed by atoms with van der Waals surface area (Å²) in [6.07, 6.45) is 0. The lowest BCUT2D eigenvalue weighted by Gasteiger charge is -2.14. The highest BCUT2D eigenvalue weighted by molar-refractivity contribution is 7.09. The van der Waals surface area contributed by atoms with Crippen LogP contribution >= 0.6 is 22.7 Å². The van der Waals surface area contributed by atoms with Crippen LogP contribution in [0.2, 0.25) is 0 Å². The average molecular weight is 268 g/mol. The van der Waals surface area contributed by atoms with Crippen LogP contribution in [0.25, 0.3) is 0 Å². The molecule has 6 heteroatoms. The molecule has 2 amide bonds. The van der Waals surface area contributed by atoms with Crippen LogP contribution in [-0.2, 0) is 13.1 Å². The molecule has 2 aromatic heterocycles. The van der Waals surface area contributed by atoms with Crippen molar-refractivity contribution in [2.75, 3.05) is 0 Å². The topological polar surface area (TPSA) is 52.6 Å². The lowest BCUT2D eigenvalue weighted by Crippen LogP contribution is -2.36. The van der Waals surface area contributed by atoms with Crippen molar-refractivity contribution >= 4 is 28.7 Å². The third-order valence-corrected chi connectivity index (χ3v) is 3.74. The van der Waals surface area contributed by atoms with Crippen LogP contribution in [0.4, 0.5) is 4.79 Å². The molecule has 0 unspecified atom stereocenters. The molecule has 2 aromatic rings. The van der Waals surface area contributed by atoms with Crippen molar-refractivity contribution in [2.45, 2.75) is 13.1 Å². The van der Waals surface area contributed by atoms with Crippen molar-refractivity contribution in [3.05, 3.63) is 44.8 Å². The van der Waals surface area contributed by atoms with Gasteiger partial charge in [-0.2, -0.15) is 11.3 Å². The molecule has 17 heavy (non-hydrogen) atoms. The molecule has 90 valence electrons. The normalized spacial score (nSPS) is 10.2. The van der Waals surface area contributed by atoms with E-state index in [1.807, 2.05) is 34.3 Å². The minimum absolute atomic E-state index is 0.215. The number of hydroxylamine groups is 2. The van der Waals surface area contributed by atoms with Crippen molar-refractivity contribution in [3.8, 4) is 0 Å². The van der Waals surface area contributed by atoms with Gasteiger partial charge in [-0.1, -0.05) is 6.07 Å². The molecule has 2 N–H and O–H groups in total. The van der Waals surface area contributed by atoms with E-state index in [0.29, 0.717) is 11.6 Å². The zero-order valence-corrected chi connectivity index (χ0v) is 10.6. The summed E-state index contributed by atoms with van der Waals surface area (Å²) in [5.41, 5.74) is 1.04. The van der Waals surface area contributed by atoms with Gasteiger partial charge in [-0.25, -0.2) is 9.86 Å². The van der Waals surface area contributed by atoms with Gasteiger partial charge in [0, 0.05) is 11.4 Å². The highest BCUT2D eigenvalue weighted by atomic mass is 32.1. The quantitative estimate of drug-likeness (QED) is 0.661. The Balaban J connectivity index is 1.79. The molecule has 0 aliphatic heterocycles. The minimum atomic E-state index is -0.482. The molecule has 0 aromatic carbocycles. The Morgan fingerprint density at radius 3 is 2.94 bits per heavy atom. The molecule has 0 saturated carbocycles. The molecule has 0 atom stereocenters. The fraction of sp³-hybridized carbons (Fsp3) is 0.182. The Bertz CT molecular complexity index is 454. The van der Waals surface area contributed by atoms with Gasteiger partial charge in [-0.15, -0.1) is 11.3 Å². The zero-order chi connectivity index (χ0) is 12.1. The van der Waals surface area contributed by atoms with E-state index in [-0.39, 0.29) is 6.54 Å². The van der Waals surface area contributed by atoms with Gasteiger partial charge in [0.1, 0.15) is 0 Å². The van der Waals surface area contributed by atoms with Crippen LogP contribution in [0.5, 0.6) is 0 Å². The van der Waals surface area contributed by atoms with Gasteiger partial charge in [-0.05, 0) is 33.8 Å². The second-order valence-electron chi connectivity index (χ2n) is 3.43. The van der Waals surface area contributed by atoms with Crippen molar-refractivity contribution < 1.29 is 10.0 Å². The summed E-state index contributed by atoms with van der Waals surface area (Å²) in [6.45, 7) is 0.650. The van der Waals surface area contributed by atoms with E-state index < -0.39 is 6.03 Å². The molecule has 0 saturated heterocycles. The number of urea groups is 1. The van der Waals surface area contributed by atoms with Crippen LogP contribution in [0, 0.1) is 0 Å². The highest BCUT2D eigenvalue weighted by Crippen LogP contribution is 2.11. The fourth-order valence-corrected chi connectivity index (χ4v) is 2.64. The Morgan fingerprint density at radius 2 is 2.29 bits per heavy atom. The molecular weight excluding hydrogens is 256 g/mol. The number of nitrogens with one attached hydrogen (secondary N) is 1. The average Bonchev–Trinajstić information content (AvgIpc) is 2.98. The number of amides is 2. The molecule has 0 spiro atoms. The Kier molecular flexibility index (Phi) is 4.13. The first-order chi connectivity index (χ1) is 8.25. The van der Waals surface area contributed by atoms with Crippen molar-refractivity contribution in [1.29, 1.82) is 0 Å². The van der Waals surface area contributed by atoms with Gasteiger partial charge in [0.05, 0.1) is 6.54 Å². The summed E-state index contributed by atoms with van der Waals surface area (Å²) in [7, 11) is 0. The maximum Gasteiger partial charge on any atom is 0.341 e. The predicted molar refractivity (Wildman–Crippen MR) is 68.2 cm³/mol. The zero-order valence-electron chi connectivity index (χ0n) is 9.00. The third kappa shape index (κ3) is 3.55. The number of hydrogen-bond acceptors (Lipinski definition) is 4. The van der Waals surface area contributed by atoms with Crippen LogP contribution in [0.1, 0.15) is 10.4 Å². The lowest BCUT2D eigenvalue weighted by atomic mass is 10.3. The lowest BCUT2D eigenvalue weighted by molar-refractivity contribution is -0.0502. The smallest absolute Gasteiger partial charge is 0.332 e. The van der Waals surface area contributed by atoms with Gasteiger partial charge >= 0.3 is 6.03 Å². The van der Waals surface area contributed by atoms with Crippen molar-refractivity contribution in [1.82, 2.24) is 10.4 Å². The van der Waals surface area contributed by atoms with E-state index in [9.17, 15) is 10.0 Å². The molecule has 0 radical (unpaired) electrons. The van der Waals surface area contributed by atoms with Crippen LogP contribution < -0.4 is 5.32 Å². The second kappa shape index (κ2) is 5.81. The Hall–Kier alpha value is -1.37. The van der Waals surface area contributed by atoms with Gasteiger partial charge < -0.3 is 5.32 Å². The predicted octanol–water partition coefficient (Wildman–Crippen LogP) is 2.91. The number of nitrogens with zero attached hydrogens (tertiary/aromatic N) is 1. The Morgan fingerprint density at radius 1 is 1.41 bits per heavy atom. The number of thiophene rings is 2. The molecule has 2 rings (SSSR count). The summed E-state index contributed by atoms with van der Waals surface area (Å²) >= 11 is 3.08. The molecule has 0 aliphatic carbocycles. The van der Waals surface area contributed by atoms with Crippen LogP contribution in [-0.4, -0.2) is 16.3 Å². The van der Waals surface area contributed by atoms with Crippen molar-refractivity contribution in [2.24, 2.45) is 0 Å². The number of rotatable bonds is 4. The molecule has 4 nitrogen and oxygen atoms in total. The van der Waals surface area contributed by atoms with Crippen LogP contribution in [0.15, 0.2) is 34.3 Å². The summed E-state index contributed by atoms with van der Waals surface area (Å²) in [6, 6.07) is 5.22. The van der Waals surface area contributed by atoms with E-state index >= 15 is 0 Å². The number of carbonyl (C=O) groups is 1. The molecule has 0 fully saturated rings. The first-order valence-corrected chi connectivity index (χ1v) is 6.85. The number of carbonyl (C=O) groups excluding carboxylic acids is 1. The monoisotopic (exact) mass is 268 g/mol. The maximum atomic E-state index is 11.5. The first kappa shape index (κ1) is 12.1. The minimum Gasteiger partial charge on any atom is -0.332 e. The number of hydrogen-bond donors (Lipinski definition) is 2. The first-order valence-electron chi connectivity index (χ1n) is 5.03. The summed E-state index contributed by atoms with van der Waals surface area (Å²) < 4.78 is 0. The van der Waals surface area contributed by atoms with E-state index in [4.69, 9.17) is 0 Å². The van der Waals surface area contributed by atoms with Gasteiger partial charge in [0.15, 0.2) is 0 Å². The standard InChI is InChI=1S/C11H12N2O2S2/c14-11(12-6-9-3-5-16-8-9)13(15)7-10-2-1-4-17-10/h1-5,8,15H,6-7H2,(H,12,14). The largest absolute Gasteiger partial charge is 0.341 e. The summed E-state index contributed by atoms with van der Waals surface area (Å²) in [4.78, 5) is 12.5. The summed E-state index contributed by atoms with van der Waals surface area (Å²) in [5, 5.41) is 18.7. The van der Waals surface area contributed by atoms with E-state index in [1.165, 1.54) is 11.3 Å². The molecule has 2 heterocycles. The van der Waals surface area contributed by atoms with Crippen molar-refractivity contribution in [3.63, 3.8) is 0 Å². The SMILES string of the molecule is O=C(NCc1ccsc1)N(O)Cc1cccs1. The third-order valence-electron chi connectivity index (χ3n) is 2.14. The van der Waals surface area contributed by atoms with Crippen LogP contribution in [0.3, 0.4) is 0 Å². The highest BCUT2D eigenvalue weighted by Gasteiger charge is 2.11. The molecule has 0 aliphatic rings. The van der Waals surface area contributed by atoms with E-state index in [0.717, 1.165) is 10.4 Å². The Labute approximate surface area is 107 Å². The summed E-state index contributed by atoms with van der Waals surface area (Å²) in [5.74, 6) is 0. The van der Waals surface area contributed by atoms with Gasteiger partial charge in [-0.3, -0.25) is 5.21 Å². The van der Waals surface area contributed by atoms with E-state index in [1.54, 1.807) is 11.3 Å². The molecular formula is C11H12N2O2S2. The van der Waals surface area contributed by atoms with E-state index in [2.05, 4.69) is 5.32 Å². The van der Waals surface area contributed by atoms with Gasteiger partial charge in [0.2, 0.25) is 0 Å².